The van der Waals surface area contributed by atoms with Gasteiger partial charge in [0, 0.05) is 0 Å². The molecule has 0 spiro atoms. The first-order valence-electron chi connectivity index (χ1n) is 9.72. The van der Waals surface area contributed by atoms with E-state index in [1.165, 1.54) is 0 Å². The van der Waals surface area contributed by atoms with Crippen molar-refractivity contribution < 1.29 is 13.2 Å². The molecule has 0 radical (unpaired) electrons. The number of nitrogens with one attached hydrogen (secondary N) is 2. The summed E-state index contributed by atoms with van der Waals surface area (Å²) >= 11 is 0. The molecule has 8 heteroatoms. The molecule has 2 N–H and O–H groups in total. The van der Waals surface area contributed by atoms with Crippen LogP contribution in [-0.4, -0.2) is 37.1 Å². The SMILES string of the molecule is CCC(NC(=O)CN(c1ccccc1C)S(C)(=O)=O)c1ncc(-c2ccccc2)[nH]1. The molecule has 1 heterocycles. The van der Waals surface area contributed by atoms with Crippen molar-refractivity contribution in [2.45, 2.75) is 26.3 Å². The third-order valence-electron chi connectivity index (χ3n) is 4.83. The third kappa shape index (κ3) is 5.07. The molecular formula is C22H26N4O3S. The van der Waals surface area contributed by atoms with E-state index in [0.717, 1.165) is 27.4 Å². The van der Waals surface area contributed by atoms with Gasteiger partial charge in [-0.1, -0.05) is 55.5 Å². The van der Waals surface area contributed by atoms with Crippen molar-refractivity contribution in [2.75, 3.05) is 17.1 Å². The topological polar surface area (TPSA) is 95.2 Å². The number of aromatic nitrogens is 2. The Balaban J connectivity index is 1.76. The van der Waals surface area contributed by atoms with Crippen LogP contribution in [0.4, 0.5) is 5.69 Å². The Labute approximate surface area is 177 Å². The summed E-state index contributed by atoms with van der Waals surface area (Å²) in [6, 6.07) is 16.5. The van der Waals surface area contributed by atoms with Crippen molar-refractivity contribution in [3.8, 4) is 11.3 Å². The third-order valence-corrected chi connectivity index (χ3v) is 5.95. The predicted octanol–water partition coefficient (Wildman–Crippen LogP) is 3.42. The van der Waals surface area contributed by atoms with Gasteiger partial charge in [-0.05, 0) is 30.5 Å². The zero-order valence-corrected chi connectivity index (χ0v) is 18.1. The molecule has 7 nitrogen and oxygen atoms in total. The number of rotatable bonds is 8. The smallest absolute Gasteiger partial charge is 0.241 e. The normalized spacial score (nSPS) is 12.4. The molecule has 0 aliphatic carbocycles. The molecule has 0 saturated carbocycles. The molecule has 30 heavy (non-hydrogen) atoms. The molecule has 3 aromatic rings. The molecule has 1 unspecified atom stereocenters. The van der Waals surface area contributed by atoms with Crippen LogP contribution in [0.5, 0.6) is 0 Å². The lowest BCUT2D eigenvalue weighted by molar-refractivity contribution is -0.120. The van der Waals surface area contributed by atoms with Crippen molar-refractivity contribution in [1.82, 2.24) is 15.3 Å². The molecule has 0 saturated heterocycles. The molecule has 0 fully saturated rings. The maximum absolute atomic E-state index is 12.7. The number of imidazole rings is 1. The summed E-state index contributed by atoms with van der Waals surface area (Å²) in [4.78, 5) is 20.4. The molecule has 2 aromatic carbocycles. The Morgan fingerprint density at radius 3 is 2.43 bits per heavy atom. The number of aromatic amines is 1. The average molecular weight is 427 g/mol. The van der Waals surface area contributed by atoms with Crippen LogP contribution in [0.2, 0.25) is 0 Å². The Hall–Kier alpha value is -3.13. The number of hydrogen-bond acceptors (Lipinski definition) is 4. The summed E-state index contributed by atoms with van der Waals surface area (Å²) in [6.45, 7) is 3.45. The maximum atomic E-state index is 12.7. The first kappa shape index (κ1) is 21.6. The summed E-state index contributed by atoms with van der Waals surface area (Å²) in [5.41, 5.74) is 3.13. The highest BCUT2D eigenvalue weighted by molar-refractivity contribution is 7.92. The minimum Gasteiger partial charge on any atom is -0.345 e. The van der Waals surface area contributed by atoms with E-state index >= 15 is 0 Å². The van der Waals surface area contributed by atoms with Gasteiger partial charge in [-0.3, -0.25) is 9.10 Å². The highest BCUT2D eigenvalue weighted by atomic mass is 32.2. The van der Waals surface area contributed by atoms with Gasteiger partial charge in [0.05, 0.1) is 29.9 Å². The van der Waals surface area contributed by atoms with Gasteiger partial charge in [-0.2, -0.15) is 0 Å². The molecule has 0 aliphatic heterocycles. The van der Waals surface area contributed by atoms with Crippen molar-refractivity contribution >= 4 is 21.6 Å². The fourth-order valence-corrected chi connectivity index (χ4v) is 4.15. The number of carbonyl (C=O) groups excluding carboxylic acids is 1. The van der Waals surface area contributed by atoms with Gasteiger partial charge in [0.15, 0.2) is 0 Å². The maximum Gasteiger partial charge on any atom is 0.241 e. The van der Waals surface area contributed by atoms with Gasteiger partial charge >= 0.3 is 0 Å². The van der Waals surface area contributed by atoms with Crippen LogP contribution in [0, 0.1) is 6.92 Å². The number of hydrogen-bond donors (Lipinski definition) is 2. The summed E-state index contributed by atoms with van der Waals surface area (Å²) < 4.78 is 25.8. The van der Waals surface area contributed by atoms with Crippen LogP contribution in [0.15, 0.2) is 60.8 Å². The lowest BCUT2D eigenvalue weighted by Gasteiger charge is -2.24. The van der Waals surface area contributed by atoms with Crippen LogP contribution in [0.25, 0.3) is 11.3 Å². The number of benzene rings is 2. The molecular weight excluding hydrogens is 400 g/mol. The van der Waals surface area contributed by atoms with Gasteiger partial charge in [0.25, 0.3) is 0 Å². The predicted molar refractivity (Wildman–Crippen MR) is 119 cm³/mol. The summed E-state index contributed by atoms with van der Waals surface area (Å²) in [7, 11) is -3.63. The summed E-state index contributed by atoms with van der Waals surface area (Å²) in [5, 5.41) is 2.90. The van der Waals surface area contributed by atoms with Crippen LogP contribution >= 0.6 is 0 Å². The van der Waals surface area contributed by atoms with E-state index in [1.54, 1.807) is 18.3 Å². The van der Waals surface area contributed by atoms with Crippen LogP contribution in [-0.2, 0) is 14.8 Å². The number of sulfonamides is 1. The standard InChI is InChI=1S/C22H26N4O3S/c1-4-18(22-23-14-19(25-22)17-11-6-5-7-12-17)24-21(27)15-26(30(3,28)29)20-13-9-8-10-16(20)2/h5-14,18H,4,15H2,1-3H3,(H,23,25)(H,24,27). The van der Waals surface area contributed by atoms with Gasteiger partial charge < -0.3 is 10.3 Å². The lowest BCUT2D eigenvalue weighted by Crippen LogP contribution is -2.42. The highest BCUT2D eigenvalue weighted by Crippen LogP contribution is 2.23. The largest absolute Gasteiger partial charge is 0.345 e. The van der Waals surface area contributed by atoms with Crippen molar-refractivity contribution in [2.24, 2.45) is 0 Å². The first-order valence-corrected chi connectivity index (χ1v) is 11.6. The van der Waals surface area contributed by atoms with E-state index < -0.39 is 15.9 Å². The van der Waals surface area contributed by atoms with Crippen LogP contribution in [0.1, 0.15) is 30.8 Å². The van der Waals surface area contributed by atoms with Crippen LogP contribution in [0.3, 0.4) is 0 Å². The van der Waals surface area contributed by atoms with Crippen molar-refractivity contribution in [3.05, 3.63) is 72.2 Å². The van der Waals surface area contributed by atoms with Gasteiger partial charge in [0.2, 0.25) is 15.9 Å². The van der Waals surface area contributed by atoms with E-state index in [4.69, 9.17) is 0 Å². The zero-order chi connectivity index (χ0) is 21.7. The van der Waals surface area contributed by atoms with E-state index in [1.807, 2.05) is 56.3 Å². The van der Waals surface area contributed by atoms with Crippen LogP contribution < -0.4 is 9.62 Å². The number of aryl methyl sites for hydroxylation is 1. The quantitative estimate of drug-likeness (QED) is 0.577. The number of amides is 1. The van der Waals surface area contributed by atoms with Gasteiger partial charge in [-0.25, -0.2) is 13.4 Å². The molecule has 1 amide bonds. The Bertz CT molecular complexity index is 1110. The average Bonchev–Trinajstić information content (AvgIpc) is 3.21. The summed E-state index contributed by atoms with van der Waals surface area (Å²) in [6.07, 6.45) is 3.44. The number of anilines is 1. The second-order valence-electron chi connectivity index (χ2n) is 7.13. The van der Waals surface area contributed by atoms with Crippen molar-refractivity contribution in [1.29, 1.82) is 0 Å². The number of para-hydroxylation sites is 1. The van der Waals surface area contributed by atoms with E-state index in [9.17, 15) is 13.2 Å². The Morgan fingerprint density at radius 2 is 1.80 bits per heavy atom. The second-order valence-corrected chi connectivity index (χ2v) is 9.04. The highest BCUT2D eigenvalue weighted by Gasteiger charge is 2.24. The molecule has 158 valence electrons. The van der Waals surface area contributed by atoms with E-state index in [0.29, 0.717) is 17.9 Å². The Morgan fingerprint density at radius 1 is 1.13 bits per heavy atom. The summed E-state index contributed by atoms with van der Waals surface area (Å²) in [5.74, 6) is 0.236. The fraction of sp³-hybridized carbons (Fsp3) is 0.273. The fourth-order valence-electron chi connectivity index (χ4n) is 3.24. The van der Waals surface area contributed by atoms with Gasteiger partial charge in [0.1, 0.15) is 12.4 Å². The van der Waals surface area contributed by atoms with Crippen molar-refractivity contribution in [3.63, 3.8) is 0 Å². The molecule has 3 rings (SSSR count). The number of carbonyl (C=O) groups is 1. The first-order chi connectivity index (χ1) is 14.3. The molecule has 0 bridgehead atoms. The minimum absolute atomic E-state index is 0.299. The molecule has 1 aromatic heterocycles. The van der Waals surface area contributed by atoms with E-state index in [-0.39, 0.29) is 12.6 Å². The molecule has 1 atom stereocenters. The monoisotopic (exact) mass is 426 g/mol. The minimum atomic E-state index is -3.63. The Kier molecular flexibility index (Phi) is 6.56. The zero-order valence-electron chi connectivity index (χ0n) is 17.3. The molecule has 0 aliphatic rings. The van der Waals surface area contributed by atoms with Gasteiger partial charge in [-0.15, -0.1) is 0 Å². The number of H-pyrrole nitrogens is 1. The lowest BCUT2D eigenvalue weighted by atomic mass is 10.2. The van der Waals surface area contributed by atoms with E-state index in [2.05, 4.69) is 15.3 Å². The second kappa shape index (κ2) is 9.13. The number of nitrogens with zero attached hydrogens (tertiary/aromatic N) is 2.